The molecule has 6 heteroatoms. The number of carbonyl (C=O) groups excluding carboxylic acids is 1. The molecule has 22 heavy (non-hydrogen) atoms. The first-order valence-corrected chi connectivity index (χ1v) is 8.13. The highest BCUT2D eigenvalue weighted by Gasteiger charge is 2.41. The Morgan fingerprint density at radius 3 is 2.68 bits per heavy atom. The summed E-state index contributed by atoms with van der Waals surface area (Å²) in [6.07, 6.45) is 4.22. The fraction of sp³-hybridized carbons (Fsp3) is 0.375. The summed E-state index contributed by atoms with van der Waals surface area (Å²) in [5.74, 6) is -0.0248. The Kier molecular flexibility index (Phi) is 3.99. The van der Waals surface area contributed by atoms with Gasteiger partial charge in [0.15, 0.2) is 11.6 Å². The van der Waals surface area contributed by atoms with E-state index in [4.69, 9.17) is 11.0 Å². The minimum absolute atomic E-state index is 0.130. The lowest BCUT2D eigenvalue weighted by Gasteiger charge is -2.30. The summed E-state index contributed by atoms with van der Waals surface area (Å²) in [5.41, 5.74) is 6.68. The largest absolute Gasteiger partial charge is 0.367 e. The average molecular weight is 314 g/mol. The number of likely N-dealkylation sites (tertiary alicyclic amines) is 1. The monoisotopic (exact) mass is 314 g/mol. The molecule has 2 heterocycles. The lowest BCUT2D eigenvalue weighted by molar-refractivity contribution is -0.120. The third-order valence-electron chi connectivity index (χ3n) is 4.17. The van der Waals surface area contributed by atoms with Crippen molar-refractivity contribution in [3.63, 3.8) is 0 Å². The van der Waals surface area contributed by atoms with E-state index in [1.807, 2.05) is 41.4 Å². The molecule has 1 unspecified atom stereocenters. The van der Waals surface area contributed by atoms with Gasteiger partial charge >= 0.3 is 0 Å². The molecule has 0 aliphatic carbocycles. The quantitative estimate of drug-likeness (QED) is 0.859. The molecule has 1 aromatic rings. The molecule has 0 saturated carbocycles. The molecule has 3 rings (SSSR count). The summed E-state index contributed by atoms with van der Waals surface area (Å²) in [6.45, 7) is 3.47. The van der Waals surface area contributed by atoms with Crippen LogP contribution in [0.15, 0.2) is 36.5 Å². The average Bonchev–Trinajstić information content (AvgIpc) is 3.11. The molecule has 1 saturated heterocycles. The SMILES string of the molecule is C[C@H]1CN(C#N)C[C@@H]1N1C=C(c2ccccc2)SC1C(N)=O. The zero-order chi connectivity index (χ0) is 15.7. The molecule has 0 bridgehead atoms. The predicted molar refractivity (Wildman–Crippen MR) is 87.0 cm³/mol. The second-order valence-electron chi connectivity index (χ2n) is 5.73. The number of hydrogen-bond donors (Lipinski definition) is 1. The molecular weight excluding hydrogens is 296 g/mol. The maximum absolute atomic E-state index is 11.9. The third kappa shape index (κ3) is 2.64. The number of nitrogens with two attached hydrogens (primary N) is 1. The Balaban J connectivity index is 1.89. The van der Waals surface area contributed by atoms with Gasteiger partial charge in [-0.05, 0) is 11.5 Å². The zero-order valence-electron chi connectivity index (χ0n) is 12.3. The van der Waals surface area contributed by atoms with Gasteiger partial charge in [0.2, 0.25) is 0 Å². The highest BCUT2D eigenvalue weighted by molar-refractivity contribution is 8.09. The minimum atomic E-state index is -0.402. The number of amides is 1. The van der Waals surface area contributed by atoms with E-state index in [0.717, 1.165) is 17.0 Å². The van der Waals surface area contributed by atoms with E-state index in [1.54, 1.807) is 4.90 Å². The maximum Gasteiger partial charge on any atom is 0.251 e. The first-order chi connectivity index (χ1) is 10.6. The smallest absolute Gasteiger partial charge is 0.251 e. The van der Waals surface area contributed by atoms with Crippen LogP contribution in [0.4, 0.5) is 0 Å². The first-order valence-electron chi connectivity index (χ1n) is 7.25. The van der Waals surface area contributed by atoms with Gasteiger partial charge in [-0.1, -0.05) is 49.0 Å². The van der Waals surface area contributed by atoms with Crippen molar-refractivity contribution in [2.45, 2.75) is 18.3 Å². The van der Waals surface area contributed by atoms with Crippen molar-refractivity contribution in [3.05, 3.63) is 42.1 Å². The van der Waals surface area contributed by atoms with Gasteiger partial charge in [0.1, 0.15) is 0 Å². The molecule has 0 radical (unpaired) electrons. The lowest BCUT2D eigenvalue weighted by Crippen LogP contribution is -2.45. The lowest BCUT2D eigenvalue weighted by atomic mass is 10.0. The molecule has 114 valence electrons. The normalized spacial score (nSPS) is 27.6. The maximum atomic E-state index is 11.9. The van der Waals surface area contributed by atoms with Gasteiger partial charge in [0.05, 0.1) is 6.04 Å². The standard InChI is InChI=1S/C16H18N4OS/c1-11-7-19(10-17)8-13(11)20-9-14(22-16(20)15(18)21)12-5-3-2-4-6-12/h2-6,9,11,13,16H,7-8H2,1H3,(H2,18,21)/t11-,13-,16?/m0/s1. The highest BCUT2D eigenvalue weighted by atomic mass is 32.2. The zero-order valence-corrected chi connectivity index (χ0v) is 13.2. The summed E-state index contributed by atoms with van der Waals surface area (Å²) in [5, 5.41) is 8.69. The molecule has 2 N–H and O–H groups in total. The van der Waals surface area contributed by atoms with Crippen LogP contribution in [0.25, 0.3) is 4.91 Å². The Bertz CT molecular complexity index is 639. The van der Waals surface area contributed by atoms with Gasteiger partial charge in [0.25, 0.3) is 5.91 Å². The van der Waals surface area contributed by atoms with Crippen LogP contribution in [0.5, 0.6) is 0 Å². The van der Waals surface area contributed by atoms with Gasteiger partial charge in [-0.15, -0.1) is 0 Å². The van der Waals surface area contributed by atoms with Crippen LogP contribution in [-0.4, -0.2) is 40.2 Å². The molecule has 5 nitrogen and oxygen atoms in total. The van der Waals surface area contributed by atoms with Crippen LogP contribution in [-0.2, 0) is 4.79 Å². The van der Waals surface area contributed by atoms with Crippen molar-refractivity contribution in [2.24, 2.45) is 11.7 Å². The summed E-state index contributed by atoms with van der Waals surface area (Å²) in [4.78, 5) is 16.7. The van der Waals surface area contributed by atoms with E-state index >= 15 is 0 Å². The molecule has 0 spiro atoms. The number of primary amides is 1. The Hall–Kier alpha value is -2.13. The van der Waals surface area contributed by atoms with E-state index < -0.39 is 5.37 Å². The molecule has 1 fully saturated rings. The Labute approximate surface area is 134 Å². The van der Waals surface area contributed by atoms with E-state index in [9.17, 15) is 4.79 Å². The number of hydrogen-bond acceptors (Lipinski definition) is 5. The summed E-state index contributed by atoms with van der Waals surface area (Å²) in [7, 11) is 0. The number of nitriles is 1. The van der Waals surface area contributed by atoms with Gasteiger partial charge in [0, 0.05) is 24.2 Å². The fourth-order valence-electron chi connectivity index (χ4n) is 3.05. The summed E-state index contributed by atoms with van der Waals surface area (Å²) < 4.78 is 0. The minimum Gasteiger partial charge on any atom is -0.367 e. The molecule has 0 aromatic heterocycles. The van der Waals surface area contributed by atoms with Gasteiger partial charge in [-0.2, -0.15) is 5.26 Å². The van der Waals surface area contributed by atoms with Crippen LogP contribution in [0.3, 0.4) is 0 Å². The second-order valence-corrected chi connectivity index (χ2v) is 6.85. The third-order valence-corrected chi connectivity index (χ3v) is 5.47. The van der Waals surface area contributed by atoms with Crippen LogP contribution in [0.1, 0.15) is 12.5 Å². The molecule has 1 amide bonds. The van der Waals surface area contributed by atoms with Gasteiger partial charge < -0.3 is 15.5 Å². The molecule has 2 aliphatic heterocycles. The topological polar surface area (TPSA) is 73.4 Å². The van der Waals surface area contributed by atoms with Gasteiger partial charge in [-0.25, -0.2) is 0 Å². The number of benzene rings is 1. The second kappa shape index (κ2) is 5.93. The Morgan fingerprint density at radius 1 is 1.36 bits per heavy atom. The van der Waals surface area contributed by atoms with E-state index in [2.05, 4.69) is 13.1 Å². The van der Waals surface area contributed by atoms with E-state index in [1.165, 1.54) is 11.8 Å². The number of rotatable bonds is 3. The van der Waals surface area contributed by atoms with Crippen LogP contribution in [0.2, 0.25) is 0 Å². The van der Waals surface area contributed by atoms with Crippen molar-refractivity contribution in [1.82, 2.24) is 9.80 Å². The van der Waals surface area contributed by atoms with Crippen LogP contribution < -0.4 is 5.73 Å². The molecular formula is C16H18N4OS. The van der Waals surface area contributed by atoms with Crippen LogP contribution in [0, 0.1) is 17.4 Å². The van der Waals surface area contributed by atoms with E-state index in [0.29, 0.717) is 12.5 Å². The number of carbonyl (C=O) groups is 1. The van der Waals surface area contributed by atoms with Crippen molar-refractivity contribution in [1.29, 1.82) is 5.26 Å². The van der Waals surface area contributed by atoms with E-state index in [-0.39, 0.29) is 11.9 Å². The Morgan fingerprint density at radius 2 is 2.09 bits per heavy atom. The summed E-state index contributed by atoms with van der Waals surface area (Å²) in [6, 6.07) is 10.1. The molecule has 1 aromatic carbocycles. The predicted octanol–water partition coefficient (Wildman–Crippen LogP) is 1.65. The number of thioether (sulfide) groups is 1. The van der Waals surface area contributed by atoms with Crippen molar-refractivity contribution in [2.75, 3.05) is 13.1 Å². The molecule has 2 aliphatic rings. The summed E-state index contributed by atoms with van der Waals surface area (Å²) >= 11 is 1.49. The first kappa shape index (κ1) is 14.8. The fourth-order valence-corrected chi connectivity index (χ4v) is 4.20. The van der Waals surface area contributed by atoms with Crippen molar-refractivity contribution >= 4 is 22.6 Å². The van der Waals surface area contributed by atoms with Crippen molar-refractivity contribution in [3.8, 4) is 6.19 Å². The highest BCUT2D eigenvalue weighted by Crippen LogP contribution is 2.42. The van der Waals surface area contributed by atoms with Gasteiger partial charge in [-0.3, -0.25) is 4.79 Å². The van der Waals surface area contributed by atoms with Crippen molar-refractivity contribution < 1.29 is 4.79 Å². The molecule has 3 atom stereocenters. The van der Waals surface area contributed by atoms with Crippen LogP contribution >= 0.6 is 11.8 Å². The number of nitrogens with zero attached hydrogens (tertiary/aromatic N) is 3.